The molecule has 0 aliphatic carbocycles. The fraction of sp³-hybridized carbons (Fsp3) is 0. The lowest BCUT2D eigenvalue weighted by Crippen LogP contribution is -2.02. The number of aromatic nitrogens is 2. The predicted molar refractivity (Wildman–Crippen MR) is 96.8 cm³/mol. The molecule has 0 fully saturated rings. The highest BCUT2D eigenvalue weighted by atomic mass is 35.5. The van der Waals surface area contributed by atoms with Gasteiger partial charge in [0.25, 0.3) is 0 Å². The number of hydrogen-bond acceptors (Lipinski definition) is 5. The first-order chi connectivity index (χ1) is 11.1. The van der Waals surface area contributed by atoms with Crippen LogP contribution in [-0.4, -0.2) is 9.97 Å². The Balaban J connectivity index is 1.84. The summed E-state index contributed by atoms with van der Waals surface area (Å²) < 4.78 is 0. The number of benzene rings is 2. The zero-order chi connectivity index (χ0) is 16.2. The Morgan fingerprint density at radius 3 is 2.48 bits per heavy atom. The van der Waals surface area contributed by atoms with Crippen LogP contribution in [0.5, 0.6) is 0 Å². The Labute approximate surface area is 148 Å². The number of rotatable bonds is 4. The summed E-state index contributed by atoms with van der Waals surface area (Å²) in [7, 11) is 0. The molecule has 0 unspecified atom stereocenters. The molecule has 0 saturated heterocycles. The van der Waals surface area contributed by atoms with Gasteiger partial charge in [-0.2, -0.15) is 0 Å². The SMILES string of the molecule is Nc1c(Nc2cccc(Cl)c2)ncnc1Sc1ccc(Cl)cc1. The molecule has 0 atom stereocenters. The molecule has 0 radical (unpaired) electrons. The van der Waals surface area contributed by atoms with Gasteiger partial charge in [0, 0.05) is 20.6 Å². The molecule has 2 aromatic carbocycles. The second kappa shape index (κ2) is 7.08. The maximum Gasteiger partial charge on any atom is 0.158 e. The fourth-order valence-electron chi connectivity index (χ4n) is 1.88. The third kappa shape index (κ3) is 4.07. The van der Waals surface area contributed by atoms with Crippen LogP contribution in [0, 0.1) is 0 Å². The van der Waals surface area contributed by atoms with Gasteiger partial charge in [-0.3, -0.25) is 0 Å². The van der Waals surface area contributed by atoms with Gasteiger partial charge in [-0.1, -0.05) is 41.0 Å². The third-order valence-corrected chi connectivity index (χ3v) is 4.48. The van der Waals surface area contributed by atoms with Crippen LogP contribution >= 0.6 is 35.0 Å². The maximum atomic E-state index is 6.18. The molecule has 0 aliphatic heterocycles. The topological polar surface area (TPSA) is 63.8 Å². The summed E-state index contributed by atoms with van der Waals surface area (Å²) in [5.74, 6) is 0.540. The van der Waals surface area contributed by atoms with Crippen molar-refractivity contribution >= 4 is 52.2 Å². The average Bonchev–Trinajstić information content (AvgIpc) is 2.53. The molecule has 0 amide bonds. The number of nitrogens with zero attached hydrogens (tertiary/aromatic N) is 2. The van der Waals surface area contributed by atoms with Gasteiger partial charge >= 0.3 is 0 Å². The minimum atomic E-state index is 0.479. The standard InChI is InChI=1S/C16H12Cl2N4S/c17-10-4-6-13(7-5-10)23-16-14(19)15(20-9-21-16)22-12-3-1-2-11(18)8-12/h1-9H,19H2,(H,20,21,22). The lowest BCUT2D eigenvalue weighted by molar-refractivity contribution is 1.06. The van der Waals surface area contributed by atoms with E-state index in [4.69, 9.17) is 28.9 Å². The summed E-state index contributed by atoms with van der Waals surface area (Å²) in [6.07, 6.45) is 1.47. The first-order valence-electron chi connectivity index (χ1n) is 6.68. The smallest absolute Gasteiger partial charge is 0.158 e. The van der Waals surface area contributed by atoms with Crippen LogP contribution in [0.15, 0.2) is 64.8 Å². The molecule has 3 aromatic rings. The summed E-state index contributed by atoms with van der Waals surface area (Å²) in [4.78, 5) is 9.43. The van der Waals surface area contributed by atoms with Crippen LogP contribution in [0.3, 0.4) is 0 Å². The summed E-state index contributed by atoms with van der Waals surface area (Å²) in [5.41, 5.74) is 7.47. The summed E-state index contributed by atoms with van der Waals surface area (Å²) in [6.45, 7) is 0. The first kappa shape index (κ1) is 15.9. The molecule has 3 rings (SSSR count). The van der Waals surface area contributed by atoms with Crippen molar-refractivity contribution in [1.82, 2.24) is 9.97 Å². The van der Waals surface area contributed by atoms with Gasteiger partial charge in [-0.05, 0) is 42.5 Å². The van der Waals surface area contributed by atoms with Gasteiger partial charge in [0.2, 0.25) is 0 Å². The Kier molecular flexibility index (Phi) is 4.91. The Hall–Kier alpha value is -1.95. The molecular formula is C16H12Cl2N4S. The minimum absolute atomic E-state index is 0.479. The molecule has 7 heteroatoms. The molecular weight excluding hydrogens is 351 g/mol. The summed E-state index contributed by atoms with van der Waals surface area (Å²) in [5, 5.41) is 5.15. The monoisotopic (exact) mass is 362 g/mol. The Morgan fingerprint density at radius 1 is 0.957 bits per heavy atom. The van der Waals surface area contributed by atoms with E-state index >= 15 is 0 Å². The van der Waals surface area contributed by atoms with Crippen molar-refractivity contribution in [3.8, 4) is 0 Å². The van der Waals surface area contributed by atoms with Crippen LogP contribution in [0.25, 0.3) is 0 Å². The lowest BCUT2D eigenvalue weighted by Gasteiger charge is -2.11. The quantitative estimate of drug-likeness (QED) is 0.619. The van der Waals surface area contributed by atoms with Crippen LogP contribution in [-0.2, 0) is 0 Å². The molecule has 3 N–H and O–H groups in total. The van der Waals surface area contributed by atoms with Crippen LogP contribution in [0.4, 0.5) is 17.2 Å². The number of nitrogens with one attached hydrogen (secondary N) is 1. The van der Waals surface area contributed by atoms with Gasteiger partial charge < -0.3 is 11.1 Å². The number of nitrogens with two attached hydrogens (primary N) is 1. The van der Waals surface area contributed by atoms with Gasteiger partial charge in [-0.25, -0.2) is 9.97 Å². The van der Waals surface area contributed by atoms with E-state index in [0.717, 1.165) is 10.6 Å². The zero-order valence-electron chi connectivity index (χ0n) is 11.8. The Bertz CT molecular complexity index is 825. The summed E-state index contributed by atoms with van der Waals surface area (Å²) in [6, 6.07) is 14.8. The largest absolute Gasteiger partial charge is 0.394 e. The van der Waals surface area contributed by atoms with Crippen molar-refractivity contribution < 1.29 is 0 Å². The van der Waals surface area contributed by atoms with E-state index in [1.165, 1.54) is 18.1 Å². The van der Waals surface area contributed by atoms with Gasteiger partial charge in [0.1, 0.15) is 17.0 Å². The highest BCUT2D eigenvalue weighted by Gasteiger charge is 2.10. The molecule has 1 aromatic heterocycles. The predicted octanol–water partition coefficient (Wildman–Crippen LogP) is 5.26. The highest BCUT2D eigenvalue weighted by molar-refractivity contribution is 7.99. The molecule has 0 bridgehead atoms. The number of anilines is 3. The van der Waals surface area contributed by atoms with Crippen molar-refractivity contribution in [1.29, 1.82) is 0 Å². The molecule has 4 nitrogen and oxygen atoms in total. The second-order valence-corrected chi connectivity index (χ2v) is 6.57. The normalized spacial score (nSPS) is 10.5. The van der Waals surface area contributed by atoms with E-state index in [1.807, 2.05) is 36.4 Å². The van der Waals surface area contributed by atoms with Gasteiger partial charge in [-0.15, -0.1) is 0 Å². The Morgan fingerprint density at radius 2 is 1.74 bits per heavy atom. The fourth-order valence-corrected chi connectivity index (χ4v) is 3.00. The van der Waals surface area contributed by atoms with E-state index in [1.54, 1.807) is 12.1 Å². The van der Waals surface area contributed by atoms with Crippen LogP contribution in [0.2, 0.25) is 10.0 Å². The number of nitrogen functional groups attached to an aromatic ring is 1. The van der Waals surface area contributed by atoms with E-state index in [0.29, 0.717) is 26.6 Å². The van der Waals surface area contributed by atoms with E-state index in [9.17, 15) is 0 Å². The summed E-state index contributed by atoms with van der Waals surface area (Å²) >= 11 is 13.3. The van der Waals surface area contributed by atoms with E-state index in [-0.39, 0.29) is 0 Å². The van der Waals surface area contributed by atoms with Crippen LogP contribution < -0.4 is 11.1 Å². The lowest BCUT2D eigenvalue weighted by atomic mass is 10.3. The molecule has 23 heavy (non-hydrogen) atoms. The highest BCUT2D eigenvalue weighted by Crippen LogP contribution is 2.34. The second-order valence-electron chi connectivity index (χ2n) is 4.63. The molecule has 0 saturated carbocycles. The first-order valence-corrected chi connectivity index (χ1v) is 8.25. The van der Waals surface area contributed by atoms with Crippen molar-refractivity contribution in [2.75, 3.05) is 11.1 Å². The van der Waals surface area contributed by atoms with E-state index in [2.05, 4.69) is 15.3 Å². The van der Waals surface area contributed by atoms with Crippen molar-refractivity contribution in [3.63, 3.8) is 0 Å². The van der Waals surface area contributed by atoms with E-state index < -0.39 is 0 Å². The molecule has 116 valence electrons. The van der Waals surface area contributed by atoms with Gasteiger partial charge in [0.15, 0.2) is 5.82 Å². The van der Waals surface area contributed by atoms with Crippen LogP contribution in [0.1, 0.15) is 0 Å². The van der Waals surface area contributed by atoms with Gasteiger partial charge in [0.05, 0.1) is 0 Å². The average molecular weight is 363 g/mol. The molecule has 0 spiro atoms. The number of hydrogen-bond donors (Lipinski definition) is 2. The number of halogens is 2. The van der Waals surface area contributed by atoms with Crippen molar-refractivity contribution in [2.45, 2.75) is 9.92 Å². The zero-order valence-corrected chi connectivity index (χ0v) is 14.2. The van der Waals surface area contributed by atoms with Crippen molar-refractivity contribution in [2.24, 2.45) is 0 Å². The third-order valence-electron chi connectivity index (χ3n) is 2.96. The minimum Gasteiger partial charge on any atom is -0.394 e. The van der Waals surface area contributed by atoms with Crippen molar-refractivity contribution in [3.05, 3.63) is 64.9 Å². The molecule has 0 aliphatic rings. The molecule has 1 heterocycles. The maximum absolute atomic E-state index is 6.18.